The van der Waals surface area contributed by atoms with Crippen LogP contribution in [0.5, 0.6) is 0 Å². The van der Waals surface area contributed by atoms with Crippen LogP contribution in [-0.4, -0.2) is 25.7 Å². The summed E-state index contributed by atoms with van der Waals surface area (Å²) in [5.74, 6) is -1.22. The Balaban J connectivity index is 1.80. The first kappa shape index (κ1) is 18.9. The molecule has 0 radical (unpaired) electrons. The fourth-order valence-electron chi connectivity index (χ4n) is 3.14. The summed E-state index contributed by atoms with van der Waals surface area (Å²) in [5.41, 5.74) is 0.146. The number of carbonyl (C=O) groups is 1. The fraction of sp³-hybridized carbons (Fsp3) is 0.316. The van der Waals surface area contributed by atoms with Crippen LogP contribution in [-0.2, 0) is 10.0 Å². The van der Waals surface area contributed by atoms with Crippen molar-refractivity contribution in [3.05, 3.63) is 60.2 Å². The van der Waals surface area contributed by atoms with E-state index in [0.717, 1.165) is 25.7 Å². The van der Waals surface area contributed by atoms with Crippen LogP contribution in [0.4, 0.5) is 0 Å². The SMILES string of the molecule is O=C([O-])c1ccccc1S[C@@H]1CCCC[C@@H]1NS(=O)(=O)c1ccccc1. The summed E-state index contributed by atoms with van der Waals surface area (Å²) in [7, 11) is -3.60. The minimum absolute atomic E-state index is 0.0252. The fourth-order valence-corrected chi connectivity index (χ4v) is 5.97. The highest BCUT2D eigenvalue weighted by Crippen LogP contribution is 2.36. The van der Waals surface area contributed by atoms with E-state index in [1.807, 2.05) is 0 Å². The molecule has 0 unspecified atom stereocenters. The zero-order valence-corrected chi connectivity index (χ0v) is 15.8. The summed E-state index contributed by atoms with van der Waals surface area (Å²) in [6, 6.07) is 14.7. The first-order chi connectivity index (χ1) is 12.5. The van der Waals surface area contributed by atoms with Crippen LogP contribution in [0.25, 0.3) is 0 Å². The highest BCUT2D eigenvalue weighted by molar-refractivity contribution is 8.00. The smallest absolute Gasteiger partial charge is 0.240 e. The van der Waals surface area contributed by atoms with Gasteiger partial charge in [0.2, 0.25) is 10.0 Å². The topological polar surface area (TPSA) is 86.3 Å². The van der Waals surface area contributed by atoms with Gasteiger partial charge < -0.3 is 9.90 Å². The Bertz CT molecular complexity index is 868. The maximum atomic E-state index is 12.6. The van der Waals surface area contributed by atoms with Crippen LogP contribution in [0, 0.1) is 0 Å². The molecule has 0 bridgehead atoms. The quantitative estimate of drug-likeness (QED) is 0.819. The first-order valence-electron chi connectivity index (χ1n) is 8.52. The molecule has 2 atom stereocenters. The molecule has 5 nitrogen and oxygen atoms in total. The number of rotatable bonds is 6. The van der Waals surface area contributed by atoms with Crippen molar-refractivity contribution in [2.45, 2.75) is 46.8 Å². The number of carbonyl (C=O) groups excluding carboxylic acids is 1. The van der Waals surface area contributed by atoms with Gasteiger partial charge in [0.25, 0.3) is 0 Å². The van der Waals surface area contributed by atoms with Gasteiger partial charge in [-0.1, -0.05) is 49.2 Å². The molecule has 0 spiro atoms. The van der Waals surface area contributed by atoms with Crippen LogP contribution < -0.4 is 9.83 Å². The maximum Gasteiger partial charge on any atom is 0.240 e. The molecular formula is C19H20NO4S2-. The molecule has 0 aliphatic heterocycles. The summed E-state index contributed by atoms with van der Waals surface area (Å²) >= 11 is 1.42. The van der Waals surface area contributed by atoms with Crippen LogP contribution >= 0.6 is 11.8 Å². The van der Waals surface area contributed by atoms with Crippen molar-refractivity contribution in [3.63, 3.8) is 0 Å². The normalized spacial score (nSPS) is 20.6. The van der Waals surface area contributed by atoms with Gasteiger partial charge in [0.1, 0.15) is 0 Å². The Morgan fingerprint density at radius 2 is 1.65 bits per heavy atom. The minimum atomic E-state index is -3.60. The molecule has 1 aliphatic carbocycles. The summed E-state index contributed by atoms with van der Waals surface area (Å²) in [4.78, 5) is 12.2. The predicted octanol–water partition coefficient (Wildman–Crippen LogP) is 2.43. The Morgan fingerprint density at radius 1 is 1.00 bits per heavy atom. The maximum absolute atomic E-state index is 12.6. The van der Waals surface area contributed by atoms with Crippen molar-refractivity contribution in [1.29, 1.82) is 0 Å². The van der Waals surface area contributed by atoms with Crippen molar-refractivity contribution in [2.75, 3.05) is 0 Å². The van der Waals surface area contributed by atoms with E-state index in [9.17, 15) is 18.3 Å². The predicted molar refractivity (Wildman–Crippen MR) is 99.4 cm³/mol. The highest BCUT2D eigenvalue weighted by atomic mass is 32.2. The third-order valence-electron chi connectivity index (χ3n) is 4.45. The largest absolute Gasteiger partial charge is 0.545 e. The van der Waals surface area contributed by atoms with Gasteiger partial charge >= 0.3 is 0 Å². The molecule has 1 fully saturated rings. The van der Waals surface area contributed by atoms with E-state index in [4.69, 9.17) is 0 Å². The highest BCUT2D eigenvalue weighted by Gasteiger charge is 2.30. The number of benzene rings is 2. The summed E-state index contributed by atoms with van der Waals surface area (Å²) in [5, 5.41) is 11.3. The number of nitrogens with one attached hydrogen (secondary N) is 1. The average molecular weight is 391 g/mol. The Hall–Kier alpha value is -1.83. The molecule has 0 amide bonds. The molecule has 3 rings (SSSR count). The van der Waals surface area contributed by atoms with E-state index >= 15 is 0 Å². The second-order valence-electron chi connectivity index (χ2n) is 6.27. The van der Waals surface area contributed by atoms with Gasteiger partial charge in [0.15, 0.2) is 0 Å². The van der Waals surface area contributed by atoms with Crippen molar-refractivity contribution in [1.82, 2.24) is 4.72 Å². The second kappa shape index (κ2) is 8.24. The molecule has 2 aromatic rings. The minimum Gasteiger partial charge on any atom is -0.545 e. The average Bonchev–Trinajstić information content (AvgIpc) is 2.64. The number of carboxylic acids is 1. The van der Waals surface area contributed by atoms with Crippen molar-refractivity contribution in [3.8, 4) is 0 Å². The Labute approximate surface area is 157 Å². The van der Waals surface area contributed by atoms with Crippen LogP contribution in [0.3, 0.4) is 0 Å². The third-order valence-corrected chi connectivity index (χ3v) is 7.43. The number of aromatic carboxylic acids is 1. The number of hydrogen-bond acceptors (Lipinski definition) is 5. The molecule has 26 heavy (non-hydrogen) atoms. The Morgan fingerprint density at radius 3 is 2.38 bits per heavy atom. The van der Waals surface area contributed by atoms with Gasteiger partial charge in [0, 0.05) is 21.8 Å². The summed E-state index contributed by atoms with van der Waals surface area (Å²) in [6.45, 7) is 0. The lowest BCUT2D eigenvalue weighted by Gasteiger charge is -2.32. The van der Waals surface area contributed by atoms with Crippen LogP contribution in [0.15, 0.2) is 64.4 Å². The lowest BCUT2D eigenvalue weighted by Crippen LogP contribution is -2.43. The molecule has 0 aromatic heterocycles. The summed E-state index contributed by atoms with van der Waals surface area (Å²) in [6.07, 6.45) is 3.50. The lowest BCUT2D eigenvalue weighted by molar-refractivity contribution is -0.255. The molecule has 0 saturated heterocycles. The number of hydrogen-bond donors (Lipinski definition) is 1. The molecule has 1 saturated carbocycles. The van der Waals surface area contributed by atoms with Crippen molar-refractivity contribution >= 4 is 27.8 Å². The van der Waals surface area contributed by atoms with E-state index in [-0.39, 0.29) is 21.8 Å². The van der Waals surface area contributed by atoms with Gasteiger partial charge in [-0.3, -0.25) is 0 Å². The third kappa shape index (κ3) is 4.47. The van der Waals surface area contributed by atoms with E-state index < -0.39 is 16.0 Å². The van der Waals surface area contributed by atoms with Crippen molar-refractivity contribution in [2.24, 2.45) is 0 Å². The monoisotopic (exact) mass is 390 g/mol. The summed E-state index contributed by atoms with van der Waals surface area (Å²) < 4.78 is 28.1. The molecular weight excluding hydrogens is 370 g/mol. The van der Waals surface area contributed by atoms with Crippen molar-refractivity contribution < 1.29 is 18.3 Å². The van der Waals surface area contributed by atoms with E-state index in [2.05, 4.69) is 4.72 Å². The van der Waals surface area contributed by atoms with Gasteiger partial charge in [-0.05, 0) is 31.0 Å². The zero-order chi connectivity index (χ0) is 18.6. The molecule has 2 aromatic carbocycles. The second-order valence-corrected chi connectivity index (χ2v) is 9.26. The van der Waals surface area contributed by atoms with Gasteiger partial charge in [-0.15, -0.1) is 11.8 Å². The van der Waals surface area contributed by atoms with Gasteiger partial charge in [-0.2, -0.15) is 0 Å². The standard InChI is InChI=1S/C19H21NO4S2/c21-19(22)15-10-4-6-12-17(15)25-18-13-7-5-11-16(18)20-26(23,24)14-8-2-1-3-9-14/h1-4,6,8-10,12,16,18,20H,5,7,11,13H2,(H,21,22)/p-1/t16-,18+/m0/s1. The molecule has 1 aliphatic rings. The molecule has 7 heteroatoms. The van der Waals surface area contributed by atoms with E-state index in [0.29, 0.717) is 4.90 Å². The Kier molecular flexibility index (Phi) is 6.01. The molecule has 1 N–H and O–H groups in total. The van der Waals surface area contributed by atoms with Gasteiger partial charge in [-0.25, -0.2) is 13.1 Å². The number of thioether (sulfide) groups is 1. The first-order valence-corrected chi connectivity index (χ1v) is 10.9. The molecule has 0 heterocycles. The van der Waals surface area contributed by atoms with E-state index in [1.165, 1.54) is 17.8 Å². The lowest BCUT2D eigenvalue weighted by atomic mass is 9.96. The molecule has 138 valence electrons. The van der Waals surface area contributed by atoms with Crippen LogP contribution in [0.1, 0.15) is 36.0 Å². The number of carboxylic acid groups (broad SMARTS) is 1. The van der Waals surface area contributed by atoms with Gasteiger partial charge in [0.05, 0.1) is 10.9 Å². The number of sulfonamides is 1. The van der Waals surface area contributed by atoms with E-state index in [1.54, 1.807) is 48.5 Å². The zero-order valence-electron chi connectivity index (χ0n) is 14.1. The van der Waals surface area contributed by atoms with Crippen LogP contribution in [0.2, 0.25) is 0 Å².